The maximum Gasteiger partial charge on any atom is 0.427 e. The van der Waals surface area contributed by atoms with Crippen LogP contribution in [-0.2, 0) is 32.0 Å². The van der Waals surface area contributed by atoms with E-state index in [0.717, 1.165) is 134 Å². The molecular formula is C119H209F15N10O6. The predicted molar refractivity (Wildman–Crippen MR) is 582 cm³/mol. The number of likely N-dealkylation sites (N-methyl/N-ethyl adjacent to an activating group) is 1. The van der Waals surface area contributed by atoms with E-state index in [-0.39, 0.29) is 49.7 Å². The van der Waals surface area contributed by atoms with Crippen molar-refractivity contribution in [2.45, 2.75) is 408 Å². The molecule has 6 atom stereocenters. The van der Waals surface area contributed by atoms with Crippen LogP contribution in [0, 0.1) is 134 Å². The summed E-state index contributed by atoms with van der Waals surface area (Å²) in [6.07, 6.45) is 9.00. The molecule has 1 aliphatic carbocycles. The van der Waals surface area contributed by atoms with E-state index in [0.29, 0.717) is 122 Å². The first kappa shape index (κ1) is 139. The number of ether oxygens (including phenoxy) is 3. The van der Waals surface area contributed by atoms with E-state index < -0.39 is 90.3 Å². The number of alkyl halides is 15. The lowest BCUT2D eigenvalue weighted by molar-refractivity contribution is -0.371. The van der Waals surface area contributed by atoms with Crippen LogP contribution in [0.4, 0.5) is 70.7 Å². The molecule has 2 amide bonds. The second-order valence-corrected chi connectivity index (χ2v) is 53.1. The van der Waals surface area contributed by atoms with Crippen molar-refractivity contribution in [1.82, 2.24) is 44.6 Å². The second kappa shape index (κ2) is 62.7. The number of benzene rings is 1. The molecule has 1 aromatic heterocycles. The molecule has 16 nitrogen and oxygen atoms in total. The minimum Gasteiger partial charge on any atom is -0.444 e. The van der Waals surface area contributed by atoms with E-state index in [9.17, 15) is 75.4 Å². The van der Waals surface area contributed by atoms with Gasteiger partial charge in [0, 0.05) is 95.3 Å². The third-order valence-electron chi connectivity index (χ3n) is 33.3. The number of halogens is 15. The predicted octanol–water partition coefficient (Wildman–Crippen LogP) is 30.0. The summed E-state index contributed by atoms with van der Waals surface area (Å²) in [6.45, 7) is 73.6. The number of hydrogen-bond donors (Lipinski definition) is 2. The van der Waals surface area contributed by atoms with Gasteiger partial charge in [0.2, 0.25) is 6.41 Å². The molecule has 9 aliphatic heterocycles. The molecule has 150 heavy (non-hydrogen) atoms. The number of nitrogens with one attached hydrogen (secondary N) is 1. The Morgan fingerprint density at radius 1 is 0.540 bits per heavy atom. The van der Waals surface area contributed by atoms with Gasteiger partial charge in [-0.3, -0.25) is 24.5 Å². The molecular weight excluding hydrogens is 1950 g/mol. The number of pyridine rings is 1. The molecule has 4 unspecified atom stereocenters. The lowest BCUT2D eigenvalue weighted by atomic mass is 9.72. The van der Waals surface area contributed by atoms with E-state index in [1.807, 2.05) is 135 Å². The summed E-state index contributed by atoms with van der Waals surface area (Å²) in [4.78, 5) is 39.3. The molecule has 2 N–H and O–H groups in total. The summed E-state index contributed by atoms with van der Waals surface area (Å²) < 4.78 is 209. The second-order valence-electron chi connectivity index (χ2n) is 53.1. The van der Waals surface area contributed by atoms with Gasteiger partial charge >= 0.3 is 24.6 Å². The number of likely N-dealkylation sites (tertiary alicyclic amines) is 7. The molecule has 1 aromatic carbocycles. The Balaban J connectivity index is 0.000000430. The largest absolute Gasteiger partial charge is 0.444 e. The van der Waals surface area contributed by atoms with E-state index in [2.05, 4.69) is 158 Å². The topological polar surface area (TPSA) is 153 Å². The minimum absolute atomic E-state index is 0.0545. The third kappa shape index (κ3) is 51.5. The zero-order chi connectivity index (χ0) is 115. The van der Waals surface area contributed by atoms with Crippen LogP contribution in [0.15, 0.2) is 48.7 Å². The average Bonchev–Trinajstić information content (AvgIpc) is 0.785. The highest BCUT2D eigenvalue weighted by atomic mass is 19.4. The number of β-amino-alcohol motifs (C(OH)–C–C–N with tert-alkyl or cyclic N) is 1. The molecule has 9 saturated heterocycles. The van der Waals surface area contributed by atoms with E-state index in [1.165, 1.54) is 102 Å². The maximum atomic E-state index is 14.0. The van der Waals surface area contributed by atoms with Gasteiger partial charge in [-0.2, -0.15) is 44.8 Å². The zero-order valence-electron chi connectivity index (χ0n) is 99.0. The van der Waals surface area contributed by atoms with Crippen LogP contribution in [0.5, 0.6) is 0 Å². The molecule has 876 valence electrons. The van der Waals surface area contributed by atoms with Crippen LogP contribution in [-0.4, -0.2) is 261 Å². The Morgan fingerprint density at radius 2 is 1.01 bits per heavy atom. The van der Waals surface area contributed by atoms with Crippen LogP contribution in [0.1, 0.15) is 353 Å². The summed E-state index contributed by atoms with van der Waals surface area (Å²) in [5.41, 5.74) is -1.26. The van der Waals surface area contributed by atoms with E-state index in [4.69, 9.17) is 24.6 Å². The first-order valence-electron chi connectivity index (χ1n) is 56.9. The number of nitriles is 1. The zero-order valence-corrected chi connectivity index (χ0v) is 99.0. The first-order valence-corrected chi connectivity index (χ1v) is 56.9. The molecule has 10 fully saturated rings. The van der Waals surface area contributed by atoms with Crippen molar-refractivity contribution in [3.63, 3.8) is 0 Å². The molecule has 0 bridgehead atoms. The fourth-order valence-electron chi connectivity index (χ4n) is 22.8. The SMILES string of the molecule is CC(C)(C)C1CCN(C=O)CC1(F)F.CC(C)(C)OC(=O)N1CCC(C(C)(C)C)CC1.CC(C)C1CCC(Cc2ccc(C#N)cn2)CC1.CC(C)C1CCN(CC(F)(F)F)CC1.CC(C)C1CCN(CC(O)(C(F)(F)F)C(F)(F)F)CC1.CC(C)C1CCN(C[C@@H]2CCCN2C)CC1.CC(C)C1CCN(Cc2ccccc2)CC1(F)F.CC(C)C1CCNCC1(F)F.CC1(C)CC(C(C)(C)C)CCO1.CC[C@@H](COC)C(C)(C)C. The van der Waals surface area contributed by atoms with Gasteiger partial charge in [0.1, 0.15) is 11.7 Å². The van der Waals surface area contributed by atoms with E-state index >= 15 is 0 Å². The highest BCUT2D eigenvalue weighted by Crippen LogP contribution is 2.48. The van der Waals surface area contributed by atoms with Crippen LogP contribution in [0.2, 0.25) is 0 Å². The molecule has 0 spiro atoms. The molecule has 10 heterocycles. The molecule has 2 aromatic rings. The van der Waals surface area contributed by atoms with Crippen LogP contribution in [0.25, 0.3) is 0 Å². The van der Waals surface area contributed by atoms with Gasteiger partial charge in [-0.1, -0.05) is 210 Å². The number of carbonyl (C=O) groups excluding carboxylic acids is 2. The molecule has 1 saturated carbocycles. The van der Waals surface area contributed by atoms with Gasteiger partial charge in [0.15, 0.2) is 0 Å². The highest BCUT2D eigenvalue weighted by molar-refractivity contribution is 5.68. The number of carbonyl (C=O) groups is 2. The lowest BCUT2D eigenvalue weighted by Gasteiger charge is -2.43. The summed E-state index contributed by atoms with van der Waals surface area (Å²) in [5.74, 6) is -0.681. The van der Waals surface area contributed by atoms with E-state index in [1.54, 1.807) is 13.3 Å². The summed E-state index contributed by atoms with van der Waals surface area (Å²) >= 11 is 0. The average molecular weight is 2160 g/mol. The molecule has 0 radical (unpaired) electrons. The summed E-state index contributed by atoms with van der Waals surface area (Å²) in [7, 11) is 4.06. The number of aromatic nitrogens is 1. The Labute approximate surface area is 899 Å². The minimum atomic E-state index is -5.74. The standard InChI is InChI=1S/C16H22N2.C15H21F2N.C14H28N2.C14H27NO2.C12H19F6NO.C11H22O.C10H18F3N.C10H17F2NO.C9H20O.C8H15F2N/c1-12(2)15-6-3-13(4-7-15)9-16-8-5-14(10-17)11-18-16;1-12(2)14-8-9-18(11-15(14,16)17)10-13-6-4-3-5-7-13;1-12(2)13-6-9-16(10-7-13)11-14-5-4-8-15(14)3;1-13(2,3)11-7-9-15(10-8-11)12(16)17-14(4,5)6;1-8(2)9-3-5-19(6-4-9)7-10(20,11(13,14)15)12(16,17)18;1-10(2,3)9-6-7-12-11(4,5)8-9;1-8(2)9-3-5-14(6-4-9)7-10(11,12)13;1-9(2,3)8-4-5-13(7-14)6-10(8,11)12;1-6-8(7-10-5)9(2,3)4;1-6(2)7-3-4-11-5-8(7,9)10/h5,8,11-13,15H,3-4,6-7,9H2,1-2H3;3-7,12,14H,8-11H2,1-2H3;12-14H,4-11H2,1-3H3;11H,7-10H2,1-6H3;8-9,20H,3-7H2,1-2H3;9H,6-8H2,1-5H3;8-9H,3-7H2,1-2H3;7-8H,4-6H2,1-3H3;8H,6-7H2,1-5H3;6-7,11H,3-5H2,1-2H3/t;;14-;;;;;;8-;/m..0.....0./s1. The van der Waals surface area contributed by atoms with Crippen molar-refractivity contribution in [2.75, 3.05) is 145 Å². The summed E-state index contributed by atoms with van der Waals surface area (Å²) in [5, 5.41) is 20.6. The number of amides is 2. The highest BCUT2D eigenvalue weighted by Gasteiger charge is 2.71. The number of rotatable bonds is 19. The molecule has 31 heteroatoms. The smallest absolute Gasteiger partial charge is 0.427 e. The molecule has 12 rings (SSSR count). The van der Waals surface area contributed by atoms with Crippen LogP contribution < -0.4 is 5.32 Å². The van der Waals surface area contributed by atoms with Gasteiger partial charge in [-0.15, -0.1) is 0 Å². The van der Waals surface area contributed by atoms with Crippen molar-refractivity contribution >= 4 is 12.5 Å². The lowest BCUT2D eigenvalue weighted by Crippen LogP contribution is -2.63. The van der Waals surface area contributed by atoms with Gasteiger partial charge in [0.25, 0.3) is 23.4 Å². The van der Waals surface area contributed by atoms with Crippen molar-refractivity contribution in [2.24, 2.45) is 122 Å². The van der Waals surface area contributed by atoms with Gasteiger partial charge in [-0.05, 0) is 351 Å². The van der Waals surface area contributed by atoms with Crippen molar-refractivity contribution < 1.29 is 94.8 Å². The number of hydrogen-bond acceptors (Lipinski definition) is 14. The Kier molecular flexibility index (Phi) is 58.2. The normalized spacial score (nSPS) is 24.3. The van der Waals surface area contributed by atoms with Crippen LogP contribution in [0.3, 0.4) is 0 Å². The fourth-order valence-corrected chi connectivity index (χ4v) is 22.8. The summed E-state index contributed by atoms with van der Waals surface area (Å²) in [6, 6.07) is 16.7. The first-order chi connectivity index (χ1) is 68.8. The Bertz CT molecular complexity index is 3980. The number of aliphatic hydroxyl groups is 1. The third-order valence-corrected chi connectivity index (χ3v) is 33.3. The Morgan fingerprint density at radius 3 is 1.37 bits per heavy atom. The number of nitrogens with zero attached hydrogens (tertiary/aromatic N) is 9. The number of piperidine rings is 7. The Hall–Kier alpha value is -4.81. The maximum absolute atomic E-state index is 14.0. The van der Waals surface area contributed by atoms with Gasteiger partial charge < -0.3 is 44.2 Å². The van der Waals surface area contributed by atoms with Crippen LogP contribution >= 0.6 is 0 Å². The van der Waals surface area contributed by atoms with Gasteiger partial charge in [0.05, 0.1) is 37.3 Å². The molecule has 10 aliphatic rings. The van der Waals surface area contributed by atoms with Gasteiger partial charge in [-0.25, -0.2) is 31.1 Å². The monoisotopic (exact) mass is 2160 g/mol. The van der Waals surface area contributed by atoms with Crippen molar-refractivity contribution in [3.8, 4) is 6.07 Å². The quantitative estimate of drug-likeness (QED) is 0.101. The van der Waals surface area contributed by atoms with Crippen molar-refractivity contribution in [3.05, 3.63) is 65.5 Å². The fraction of sp³-hybridized carbons (Fsp3) is 0.882. The number of methoxy groups -OCH3 is 1. The van der Waals surface area contributed by atoms with Crippen molar-refractivity contribution in [1.29, 1.82) is 5.26 Å².